The van der Waals surface area contributed by atoms with Gasteiger partial charge in [0, 0.05) is 5.38 Å². The van der Waals surface area contributed by atoms with Gasteiger partial charge in [0.2, 0.25) is 0 Å². The fourth-order valence-corrected chi connectivity index (χ4v) is 2.70. The highest BCUT2D eigenvalue weighted by molar-refractivity contribution is 7.13. The number of aromatic nitrogens is 2. The van der Waals surface area contributed by atoms with Gasteiger partial charge in [0.05, 0.1) is 20.8 Å². The summed E-state index contributed by atoms with van der Waals surface area (Å²) in [5.41, 5.74) is 0.695. The maximum absolute atomic E-state index is 12.0. The highest BCUT2D eigenvalue weighted by atomic mass is 35.5. The molecule has 0 spiro atoms. The lowest BCUT2D eigenvalue weighted by Crippen LogP contribution is -2.14. The highest BCUT2D eigenvalue weighted by Gasteiger charge is 2.20. The van der Waals surface area contributed by atoms with Crippen LogP contribution in [0.1, 0.15) is 16.2 Å². The average Bonchev–Trinajstić information content (AvgIpc) is 2.76. The number of carbonyl (C=O) groups excluding carboxylic acids is 1. The van der Waals surface area contributed by atoms with Gasteiger partial charge in [-0.3, -0.25) is 10.1 Å². The predicted molar refractivity (Wildman–Crippen MR) is 79.1 cm³/mol. The number of hydrogen-bond acceptors (Lipinski definition) is 4. The Kier molecular flexibility index (Phi) is 4.53. The van der Waals surface area contributed by atoms with Gasteiger partial charge in [0.1, 0.15) is 5.15 Å². The Morgan fingerprint density at radius 3 is 2.42 bits per heavy atom. The minimum absolute atomic E-state index is 0.00924. The van der Waals surface area contributed by atoms with Crippen molar-refractivity contribution in [1.29, 1.82) is 0 Å². The summed E-state index contributed by atoms with van der Waals surface area (Å²) in [6, 6.07) is 0. The lowest BCUT2D eigenvalue weighted by Gasteiger charge is -2.07. The van der Waals surface area contributed by atoms with Gasteiger partial charge in [-0.25, -0.2) is 9.97 Å². The molecule has 1 N–H and O–H groups in total. The molecule has 0 atom stereocenters. The van der Waals surface area contributed by atoms with Crippen molar-refractivity contribution in [3.8, 4) is 0 Å². The molecular formula is C10H5Cl4N3OS. The number of amides is 1. The third kappa shape index (κ3) is 3.12. The van der Waals surface area contributed by atoms with Crippen molar-refractivity contribution < 1.29 is 4.79 Å². The minimum Gasteiger partial charge on any atom is -0.296 e. The van der Waals surface area contributed by atoms with E-state index in [9.17, 15) is 4.79 Å². The maximum atomic E-state index is 12.0. The Morgan fingerprint density at radius 2 is 1.84 bits per heavy atom. The van der Waals surface area contributed by atoms with E-state index in [0.29, 0.717) is 5.13 Å². The van der Waals surface area contributed by atoms with Crippen LogP contribution in [-0.2, 0) is 0 Å². The summed E-state index contributed by atoms with van der Waals surface area (Å²) in [5, 5.41) is 4.64. The molecule has 0 aliphatic heterocycles. The number of rotatable bonds is 2. The van der Waals surface area contributed by atoms with Gasteiger partial charge in [-0.05, 0) is 6.92 Å². The summed E-state index contributed by atoms with van der Waals surface area (Å²) in [5.74, 6) is -0.556. The molecule has 9 heteroatoms. The first-order valence-corrected chi connectivity index (χ1v) is 7.22. The van der Waals surface area contributed by atoms with Crippen molar-refractivity contribution in [2.75, 3.05) is 5.32 Å². The Bertz CT molecular complexity index is 658. The van der Waals surface area contributed by atoms with E-state index in [1.807, 2.05) is 6.92 Å². The molecular weight excluding hydrogens is 352 g/mol. The van der Waals surface area contributed by atoms with Crippen molar-refractivity contribution in [1.82, 2.24) is 9.97 Å². The standard InChI is InChI=1S/C10H5Cl4N3OS/c1-3-2-19-10(15-3)17-9(18)7-5(12)4(11)6(13)8(14)16-7/h2H,1H3,(H,15,17,18). The first-order valence-electron chi connectivity index (χ1n) is 4.83. The number of nitrogens with zero attached hydrogens (tertiary/aromatic N) is 2. The first kappa shape index (κ1) is 14.8. The number of aryl methyl sites for hydroxylation is 1. The van der Waals surface area contributed by atoms with Crippen LogP contribution in [-0.4, -0.2) is 15.9 Å². The van der Waals surface area contributed by atoms with Gasteiger partial charge in [0.25, 0.3) is 5.91 Å². The molecule has 4 nitrogen and oxygen atoms in total. The molecule has 0 aliphatic rings. The van der Waals surface area contributed by atoms with E-state index in [1.165, 1.54) is 11.3 Å². The smallest absolute Gasteiger partial charge is 0.277 e. The van der Waals surface area contributed by atoms with E-state index in [2.05, 4.69) is 15.3 Å². The molecule has 0 fully saturated rings. The van der Waals surface area contributed by atoms with Crippen molar-refractivity contribution in [2.45, 2.75) is 6.92 Å². The lowest BCUT2D eigenvalue weighted by atomic mass is 10.3. The topological polar surface area (TPSA) is 54.9 Å². The zero-order valence-electron chi connectivity index (χ0n) is 9.30. The molecule has 0 saturated heterocycles. The third-order valence-electron chi connectivity index (χ3n) is 2.04. The molecule has 0 unspecified atom stereocenters. The molecule has 0 saturated carbocycles. The van der Waals surface area contributed by atoms with Crippen LogP contribution < -0.4 is 5.32 Å². The van der Waals surface area contributed by atoms with Crippen LogP contribution in [0.4, 0.5) is 5.13 Å². The second-order valence-electron chi connectivity index (χ2n) is 3.44. The number of thiazole rings is 1. The van der Waals surface area contributed by atoms with Crippen LogP contribution in [0.15, 0.2) is 5.38 Å². The molecule has 2 heterocycles. The van der Waals surface area contributed by atoms with E-state index in [4.69, 9.17) is 46.4 Å². The van der Waals surface area contributed by atoms with Gasteiger partial charge in [-0.2, -0.15) is 0 Å². The summed E-state index contributed by atoms with van der Waals surface area (Å²) in [4.78, 5) is 19.9. The quantitative estimate of drug-likeness (QED) is 0.792. The molecule has 2 aromatic rings. The third-order valence-corrected chi connectivity index (χ3v) is 4.59. The molecule has 1 amide bonds. The molecule has 100 valence electrons. The molecule has 0 aliphatic carbocycles. The minimum atomic E-state index is -0.556. The Balaban J connectivity index is 2.34. The van der Waals surface area contributed by atoms with E-state index in [1.54, 1.807) is 5.38 Å². The number of nitrogens with one attached hydrogen (secondary N) is 1. The summed E-state index contributed by atoms with van der Waals surface area (Å²) in [6.45, 7) is 1.81. The first-order chi connectivity index (χ1) is 8.90. The van der Waals surface area contributed by atoms with Crippen LogP contribution in [0.5, 0.6) is 0 Å². The van der Waals surface area contributed by atoms with E-state index < -0.39 is 5.91 Å². The van der Waals surface area contributed by atoms with Gasteiger partial charge in [0.15, 0.2) is 10.8 Å². The number of hydrogen-bond donors (Lipinski definition) is 1. The number of halogens is 4. The molecule has 0 aromatic carbocycles. The Hall–Kier alpha value is -0.590. The predicted octanol–water partition coefficient (Wildman–Crippen LogP) is 4.71. The van der Waals surface area contributed by atoms with Gasteiger partial charge in [-0.1, -0.05) is 46.4 Å². The monoisotopic (exact) mass is 355 g/mol. The van der Waals surface area contributed by atoms with Crippen LogP contribution in [0.25, 0.3) is 0 Å². The SMILES string of the molecule is Cc1csc(NC(=O)c2nc(Cl)c(Cl)c(Cl)c2Cl)n1. The van der Waals surface area contributed by atoms with Crippen LogP contribution in [0.3, 0.4) is 0 Å². The second-order valence-corrected chi connectivity index (χ2v) is 5.79. The molecule has 2 aromatic heterocycles. The average molecular weight is 357 g/mol. The van der Waals surface area contributed by atoms with E-state index in [-0.39, 0.29) is 25.9 Å². The van der Waals surface area contributed by atoms with E-state index >= 15 is 0 Å². The summed E-state index contributed by atoms with van der Waals surface area (Å²) >= 11 is 24.6. The van der Waals surface area contributed by atoms with Crippen LogP contribution in [0.2, 0.25) is 20.2 Å². The number of carbonyl (C=O) groups is 1. The number of anilines is 1. The lowest BCUT2D eigenvalue weighted by molar-refractivity contribution is 0.102. The van der Waals surface area contributed by atoms with Crippen LogP contribution >= 0.6 is 57.7 Å². The van der Waals surface area contributed by atoms with Crippen molar-refractivity contribution >= 4 is 68.8 Å². The molecule has 0 bridgehead atoms. The van der Waals surface area contributed by atoms with Gasteiger partial charge in [-0.15, -0.1) is 11.3 Å². The highest BCUT2D eigenvalue weighted by Crippen LogP contribution is 2.36. The van der Waals surface area contributed by atoms with Crippen LogP contribution in [0, 0.1) is 6.92 Å². The van der Waals surface area contributed by atoms with E-state index in [0.717, 1.165) is 5.69 Å². The molecule has 19 heavy (non-hydrogen) atoms. The van der Waals surface area contributed by atoms with Gasteiger partial charge >= 0.3 is 0 Å². The van der Waals surface area contributed by atoms with Crippen molar-refractivity contribution in [3.05, 3.63) is 37.0 Å². The Labute approximate surface area is 132 Å². The van der Waals surface area contributed by atoms with Crippen molar-refractivity contribution in [2.24, 2.45) is 0 Å². The van der Waals surface area contributed by atoms with Crippen molar-refractivity contribution in [3.63, 3.8) is 0 Å². The summed E-state index contributed by atoms with van der Waals surface area (Å²) in [6.07, 6.45) is 0. The summed E-state index contributed by atoms with van der Waals surface area (Å²) < 4.78 is 0. The number of pyridine rings is 1. The maximum Gasteiger partial charge on any atom is 0.277 e. The normalized spacial score (nSPS) is 10.6. The zero-order valence-corrected chi connectivity index (χ0v) is 13.1. The summed E-state index contributed by atoms with van der Waals surface area (Å²) in [7, 11) is 0. The fourth-order valence-electron chi connectivity index (χ4n) is 1.21. The molecule has 0 radical (unpaired) electrons. The second kappa shape index (κ2) is 5.81. The Morgan fingerprint density at radius 1 is 1.16 bits per heavy atom. The van der Waals surface area contributed by atoms with Gasteiger partial charge < -0.3 is 0 Å². The fraction of sp³-hybridized carbons (Fsp3) is 0.100. The largest absolute Gasteiger partial charge is 0.296 e. The molecule has 2 rings (SSSR count). The zero-order chi connectivity index (χ0) is 14.2.